The minimum Gasteiger partial charge on any atom is -0.722 e. The van der Waals surface area contributed by atoms with Crippen LogP contribution in [-0.4, -0.2) is 13.0 Å². The van der Waals surface area contributed by atoms with Gasteiger partial charge in [0.25, 0.3) is 10.5 Å². The van der Waals surface area contributed by atoms with E-state index in [4.69, 9.17) is 13.0 Å². The first-order valence-corrected chi connectivity index (χ1v) is 1.96. The summed E-state index contributed by atoms with van der Waals surface area (Å²) in [6.45, 7) is 0. The maximum absolute atomic E-state index is 10.1. The monoisotopic (exact) mass is 136 g/mol. The van der Waals surface area contributed by atoms with Crippen molar-refractivity contribution in [1.82, 2.24) is 0 Å². The lowest BCUT2D eigenvalue weighted by atomic mass is 15.9. The standard InChI is InChI=1S/ClH2.FHO3S/c;1-5(2,3)4/h1H2;(H,2,3,4)/q+1;/p-1. The Balaban J connectivity index is 0. The highest BCUT2D eigenvalue weighted by Gasteiger charge is 1.73. The number of hydrogen-bond donors (Lipinski definition) is 0. The Hall–Kier alpha value is 0.130. The van der Waals surface area contributed by atoms with Crippen molar-refractivity contribution < 1.29 is 29.3 Å². The lowest BCUT2D eigenvalue weighted by molar-refractivity contribution is -0.00000704. The molecule has 0 aliphatic heterocycles. The van der Waals surface area contributed by atoms with E-state index in [1.54, 1.807) is 0 Å². The predicted molar refractivity (Wildman–Crippen MR) is 13.6 cm³/mol. The third kappa shape index (κ3) is 2390. The molecule has 0 saturated heterocycles. The van der Waals surface area contributed by atoms with Crippen LogP contribution in [0.25, 0.3) is 0 Å². The highest BCUT2D eigenvalue weighted by Crippen LogP contribution is 1.73. The average Bonchev–Trinajstić information content (AvgIpc) is 0.722. The molecule has 0 radical (unpaired) electrons. The first kappa shape index (κ1) is 9.46. The second kappa shape index (κ2) is 2.33. The lowest BCUT2D eigenvalue weighted by Gasteiger charge is -1.84. The maximum atomic E-state index is 10.1. The lowest BCUT2D eigenvalue weighted by Crippen LogP contribution is -1.81. The molecule has 0 rings (SSSR count). The molecule has 0 N–H and O–H groups in total. The zero-order chi connectivity index (χ0) is 4.50. The van der Waals surface area contributed by atoms with Crippen molar-refractivity contribution in [2.45, 2.75) is 0 Å². The summed E-state index contributed by atoms with van der Waals surface area (Å²) in [5, 5.41) is 0. The molecule has 0 aliphatic carbocycles. The van der Waals surface area contributed by atoms with Gasteiger partial charge in [0.2, 0.25) is 0 Å². The van der Waals surface area contributed by atoms with E-state index in [1.165, 1.54) is 0 Å². The minimum absolute atomic E-state index is 0. The van der Waals surface area contributed by atoms with E-state index in [1.807, 2.05) is 0 Å². The number of halogens is 2. The van der Waals surface area contributed by atoms with Crippen molar-refractivity contribution in [2.24, 2.45) is 0 Å². The first-order valence-electron chi connectivity index (χ1n) is 0.654. The average molecular weight is 137 g/mol. The number of hydrogen-bond acceptors (Lipinski definition) is 3. The molecular weight excluding hydrogens is 135 g/mol. The predicted octanol–water partition coefficient (Wildman–Crippen LogP) is -1.12. The SMILES string of the molecule is O=S(=O)([O-])F.[ClH2+]. The smallest absolute Gasteiger partial charge is 0.255 e. The fourth-order valence-corrected chi connectivity index (χ4v) is 0. The molecule has 0 aliphatic rings. The van der Waals surface area contributed by atoms with Gasteiger partial charge in [-0.25, -0.2) is 8.42 Å². The Labute approximate surface area is 40.6 Å². The van der Waals surface area contributed by atoms with E-state index in [2.05, 4.69) is 0 Å². The highest BCUT2D eigenvalue weighted by atomic mass is 35.5. The summed E-state index contributed by atoms with van der Waals surface area (Å²) in [7, 11) is -5.42. The zero-order valence-corrected chi connectivity index (χ0v) is 4.17. The zero-order valence-electron chi connectivity index (χ0n) is 2.46. The van der Waals surface area contributed by atoms with E-state index in [0.29, 0.717) is 0 Å². The topological polar surface area (TPSA) is 57.2 Å². The summed E-state index contributed by atoms with van der Waals surface area (Å²) in [5.41, 5.74) is 0. The van der Waals surface area contributed by atoms with E-state index in [0.717, 1.165) is 0 Å². The van der Waals surface area contributed by atoms with Crippen LogP contribution in [0.2, 0.25) is 0 Å². The summed E-state index contributed by atoms with van der Waals surface area (Å²) in [6, 6.07) is 0. The van der Waals surface area contributed by atoms with Gasteiger partial charge >= 0.3 is 0 Å². The van der Waals surface area contributed by atoms with E-state index in [9.17, 15) is 3.89 Å². The largest absolute Gasteiger partial charge is 0.722 e. The summed E-state index contributed by atoms with van der Waals surface area (Å²) < 4.78 is 35.3. The molecule has 6 heteroatoms. The summed E-state index contributed by atoms with van der Waals surface area (Å²) in [5.74, 6) is 0. The van der Waals surface area contributed by atoms with Gasteiger partial charge in [-0.1, -0.05) is 0 Å². The van der Waals surface area contributed by atoms with Crippen LogP contribution >= 0.6 is 0 Å². The van der Waals surface area contributed by atoms with Gasteiger partial charge in [-0.05, 0) is 0 Å². The molecule has 0 amide bonds. The van der Waals surface area contributed by atoms with E-state index in [-0.39, 0.29) is 12.4 Å². The molecule has 6 heavy (non-hydrogen) atoms. The molecule has 0 aromatic heterocycles. The minimum atomic E-state index is -5.42. The van der Waals surface area contributed by atoms with Gasteiger partial charge in [-0.2, -0.15) is 0 Å². The van der Waals surface area contributed by atoms with Crippen LogP contribution in [0.1, 0.15) is 0 Å². The van der Waals surface area contributed by atoms with Crippen LogP contribution in [0.5, 0.6) is 0 Å². The Bertz CT molecular complexity index is 94.0. The van der Waals surface area contributed by atoms with Crippen LogP contribution < -0.4 is 0 Å². The molecule has 0 aromatic carbocycles. The van der Waals surface area contributed by atoms with Crippen LogP contribution in [0, 0.1) is 12.4 Å². The molecule has 0 heterocycles. The van der Waals surface area contributed by atoms with Crippen LogP contribution in [0.15, 0.2) is 0 Å². The van der Waals surface area contributed by atoms with Gasteiger partial charge in [0.15, 0.2) is 0 Å². The maximum Gasteiger partial charge on any atom is 0.255 e. The summed E-state index contributed by atoms with van der Waals surface area (Å²) >= 11 is 0. The molecule has 0 atom stereocenters. The number of rotatable bonds is 0. The van der Waals surface area contributed by atoms with Crippen molar-refractivity contribution in [2.75, 3.05) is 0 Å². The third-order valence-corrected chi connectivity index (χ3v) is 0. The Morgan fingerprint density at radius 3 is 1.50 bits per heavy atom. The fourth-order valence-electron chi connectivity index (χ4n) is 0. The van der Waals surface area contributed by atoms with Crippen molar-refractivity contribution in [1.29, 1.82) is 0 Å². The normalized spacial score (nSPS) is 9.67. The molecule has 0 unspecified atom stereocenters. The Kier molecular flexibility index (Phi) is 3.67. The Morgan fingerprint density at radius 2 is 1.50 bits per heavy atom. The van der Waals surface area contributed by atoms with Crippen molar-refractivity contribution >= 4 is 10.5 Å². The molecule has 0 spiro atoms. The van der Waals surface area contributed by atoms with Crippen molar-refractivity contribution in [3.05, 3.63) is 0 Å². The molecule has 3 nitrogen and oxygen atoms in total. The van der Waals surface area contributed by atoms with E-state index < -0.39 is 10.5 Å². The molecule has 0 bridgehead atoms. The van der Waals surface area contributed by atoms with Crippen LogP contribution in [-0.2, 0) is 10.5 Å². The van der Waals surface area contributed by atoms with Gasteiger partial charge < -0.3 is 4.55 Å². The van der Waals surface area contributed by atoms with Crippen LogP contribution in [0.3, 0.4) is 0 Å². The molecule has 0 fully saturated rings. The molecule has 0 aromatic rings. The van der Waals surface area contributed by atoms with Gasteiger partial charge in [-0.15, -0.1) is 3.89 Å². The van der Waals surface area contributed by atoms with Gasteiger partial charge in [-0.3, -0.25) is 0 Å². The third-order valence-electron chi connectivity index (χ3n) is 0. The highest BCUT2D eigenvalue weighted by molar-refractivity contribution is 7.80. The first-order chi connectivity index (χ1) is 2.00. The molecule has 0 saturated carbocycles. The van der Waals surface area contributed by atoms with Crippen molar-refractivity contribution in [3.8, 4) is 0 Å². The molecular formula is H2ClFO3S. The van der Waals surface area contributed by atoms with E-state index >= 15 is 0 Å². The molecule has 40 valence electrons. The van der Waals surface area contributed by atoms with Crippen molar-refractivity contribution in [3.63, 3.8) is 0 Å². The quantitative estimate of drug-likeness (QED) is 0.313. The van der Waals surface area contributed by atoms with Gasteiger partial charge in [0.05, 0.1) is 12.4 Å². The van der Waals surface area contributed by atoms with Gasteiger partial charge in [0.1, 0.15) is 0 Å². The Morgan fingerprint density at radius 1 is 1.50 bits per heavy atom. The second-order valence-corrected chi connectivity index (χ2v) is 1.18. The summed E-state index contributed by atoms with van der Waals surface area (Å²) in [4.78, 5) is 0. The summed E-state index contributed by atoms with van der Waals surface area (Å²) in [6.07, 6.45) is 0. The van der Waals surface area contributed by atoms with Gasteiger partial charge in [0, 0.05) is 0 Å². The second-order valence-electron chi connectivity index (χ2n) is 0.393. The van der Waals surface area contributed by atoms with Crippen LogP contribution in [0.4, 0.5) is 3.89 Å². The fraction of sp³-hybridized carbons (Fsp3) is 0.